The summed E-state index contributed by atoms with van der Waals surface area (Å²) in [4.78, 5) is 21.2. The first-order valence-corrected chi connectivity index (χ1v) is 11.0. The van der Waals surface area contributed by atoms with Crippen molar-refractivity contribution in [2.75, 3.05) is 38.2 Å². The number of carbonyl (C=O) groups is 1. The first-order chi connectivity index (χ1) is 14.6. The van der Waals surface area contributed by atoms with Gasteiger partial charge in [0, 0.05) is 53.8 Å². The van der Waals surface area contributed by atoms with E-state index < -0.39 is 0 Å². The first kappa shape index (κ1) is 20.6. The van der Waals surface area contributed by atoms with Crippen molar-refractivity contribution in [3.05, 3.63) is 58.0 Å². The summed E-state index contributed by atoms with van der Waals surface area (Å²) >= 11 is 2.26. The Morgan fingerprint density at radius 1 is 1.07 bits per heavy atom. The Morgan fingerprint density at radius 3 is 2.43 bits per heavy atom. The molecule has 8 heteroatoms. The van der Waals surface area contributed by atoms with Crippen molar-refractivity contribution in [3.63, 3.8) is 0 Å². The number of carbonyl (C=O) groups excluding carboxylic acids is 1. The smallest absolute Gasteiger partial charge is 0.227 e. The lowest BCUT2D eigenvalue weighted by molar-refractivity contribution is -0.131. The molecule has 156 valence electrons. The second kappa shape index (κ2) is 9.46. The summed E-state index contributed by atoms with van der Waals surface area (Å²) < 4.78 is 11.7. The number of halogens is 1. The van der Waals surface area contributed by atoms with Crippen molar-refractivity contribution >= 4 is 34.2 Å². The predicted octanol–water partition coefficient (Wildman–Crippen LogP) is 3.63. The zero-order valence-electron chi connectivity index (χ0n) is 16.8. The summed E-state index contributed by atoms with van der Waals surface area (Å²) in [7, 11) is 1.66. The maximum atomic E-state index is 12.6. The lowest BCUT2D eigenvalue weighted by atomic mass is 10.2. The molecule has 0 spiro atoms. The zero-order valence-corrected chi connectivity index (χ0v) is 18.9. The summed E-state index contributed by atoms with van der Waals surface area (Å²) in [5.41, 5.74) is 2.06. The Kier molecular flexibility index (Phi) is 6.51. The number of aryl methyl sites for hydroxylation is 1. The molecular weight excluding hydrogens is 495 g/mol. The third kappa shape index (κ3) is 4.92. The van der Waals surface area contributed by atoms with Crippen LogP contribution in [0.5, 0.6) is 5.75 Å². The molecule has 0 bridgehead atoms. The highest BCUT2D eigenvalue weighted by Gasteiger charge is 2.22. The zero-order chi connectivity index (χ0) is 20.9. The standard InChI is InChI=1S/C22H23IN4O3/c1-29-19-8-6-18(7-9-19)26-12-14-27(15-13-26)21(28)11-10-20-24-22(25-30-20)16-2-4-17(23)5-3-16/h2-9H,10-15H2,1H3. The number of anilines is 1. The van der Waals surface area contributed by atoms with Crippen LogP contribution in [0.15, 0.2) is 53.1 Å². The van der Waals surface area contributed by atoms with E-state index in [0.29, 0.717) is 37.6 Å². The Balaban J connectivity index is 1.26. The van der Waals surface area contributed by atoms with Crippen molar-refractivity contribution in [1.82, 2.24) is 15.0 Å². The molecule has 30 heavy (non-hydrogen) atoms. The number of ether oxygens (including phenoxy) is 1. The maximum Gasteiger partial charge on any atom is 0.227 e. The average Bonchev–Trinajstić information content (AvgIpc) is 3.27. The van der Waals surface area contributed by atoms with Gasteiger partial charge in [0.15, 0.2) is 0 Å². The van der Waals surface area contributed by atoms with Gasteiger partial charge in [-0.05, 0) is 59.0 Å². The van der Waals surface area contributed by atoms with Gasteiger partial charge in [-0.3, -0.25) is 4.79 Å². The summed E-state index contributed by atoms with van der Waals surface area (Å²) in [6.07, 6.45) is 0.825. The number of hydrogen-bond donors (Lipinski definition) is 0. The van der Waals surface area contributed by atoms with Crippen LogP contribution in [0.3, 0.4) is 0 Å². The van der Waals surface area contributed by atoms with Crippen molar-refractivity contribution in [3.8, 4) is 17.1 Å². The highest BCUT2D eigenvalue weighted by atomic mass is 127. The van der Waals surface area contributed by atoms with Gasteiger partial charge in [0.05, 0.1) is 7.11 Å². The molecule has 0 unspecified atom stereocenters. The molecule has 1 fully saturated rings. The third-order valence-corrected chi connectivity index (χ3v) is 5.91. The normalized spacial score (nSPS) is 14.1. The lowest BCUT2D eigenvalue weighted by Crippen LogP contribution is -2.48. The number of aromatic nitrogens is 2. The molecule has 0 N–H and O–H groups in total. The summed E-state index contributed by atoms with van der Waals surface area (Å²) in [5.74, 6) is 2.02. The molecule has 1 aromatic heterocycles. The molecule has 3 aromatic rings. The van der Waals surface area contributed by atoms with Gasteiger partial charge in [-0.15, -0.1) is 0 Å². The van der Waals surface area contributed by atoms with Crippen molar-refractivity contribution in [2.24, 2.45) is 0 Å². The van der Waals surface area contributed by atoms with Crippen LogP contribution in [0.2, 0.25) is 0 Å². The molecule has 1 aliphatic heterocycles. The molecule has 0 atom stereocenters. The molecule has 0 aliphatic carbocycles. The molecule has 1 saturated heterocycles. The van der Waals surface area contributed by atoms with Gasteiger partial charge in [-0.2, -0.15) is 4.98 Å². The van der Waals surface area contributed by atoms with Crippen molar-refractivity contribution < 1.29 is 14.1 Å². The second-order valence-electron chi connectivity index (χ2n) is 7.08. The predicted molar refractivity (Wildman–Crippen MR) is 123 cm³/mol. The van der Waals surface area contributed by atoms with Crippen molar-refractivity contribution in [2.45, 2.75) is 12.8 Å². The Bertz CT molecular complexity index is 980. The Morgan fingerprint density at radius 2 is 1.77 bits per heavy atom. The largest absolute Gasteiger partial charge is 0.497 e. The Labute approximate surface area is 189 Å². The number of rotatable bonds is 6. The van der Waals surface area contributed by atoms with Crippen LogP contribution in [-0.4, -0.2) is 54.2 Å². The second-order valence-corrected chi connectivity index (χ2v) is 8.33. The first-order valence-electron chi connectivity index (χ1n) is 9.87. The van der Waals surface area contributed by atoms with E-state index >= 15 is 0 Å². The molecule has 0 saturated carbocycles. The summed E-state index contributed by atoms with van der Waals surface area (Å²) in [6.45, 7) is 3.05. The number of hydrogen-bond acceptors (Lipinski definition) is 6. The van der Waals surface area contributed by atoms with E-state index in [4.69, 9.17) is 9.26 Å². The van der Waals surface area contributed by atoms with Gasteiger partial charge < -0.3 is 19.1 Å². The van der Waals surface area contributed by atoms with Crippen molar-refractivity contribution in [1.29, 1.82) is 0 Å². The van der Waals surface area contributed by atoms with Gasteiger partial charge in [-0.1, -0.05) is 17.3 Å². The van der Waals surface area contributed by atoms with E-state index in [0.717, 1.165) is 33.7 Å². The van der Waals surface area contributed by atoms with Gasteiger partial charge in [-0.25, -0.2) is 0 Å². The van der Waals surface area contributed by atoms with E-state index in [-0.39, 0.29) is 5.91 Å². The van der Waals surface area contributed by atoms with Gasteiger partial charge >= 0.3 is 0 Å². The van der Waals surface area contributed by atoms with Gasteiger partial charge in [0.1, 0.15) is 5.75 Å². The topological polar surface area (TPSA) is 71.7 Å². The molecule has 7 nitrogen and oxygen atoms in total. The molecule has 0 radical (unpaired) electrons. The van der Waals surface area contributed by atoms with Crippen LogP contribution in [0.25, 0.3) is 11.4 Å². The Hall–Kier alpha value is -2.62. The van der Waals surface area contributed by atoms with E-state index in [1.54, 1.807) is 7.11 Å². The van der Waals surface area contributed by atoms with Gasteiger partial charge in [0.2, 0.25) is 17.6 Å². The third-order valence-electron chi connectivity index (χ3n) is 5.19. The molecule has 4 rings (SSSR count). The number of nitrogens with zero attached hydrogens (tertiary/aromatic N) is 4. The molecular formula is C22H23IN4O3. The SMILES string of the molecule is COc1ccc(N2CCN(C(=O)CCc3nc(-c4ccc(I)cc4)no3)CC2)cc1. The fourth-order valence-electron chi connectivity index (χ4n) is 3.45. The van der Waals surface area contributed by atoms with E-state index in [1.807, 2.05) is 41.3 Å². The van der Waals surface area contributed by atoms with Crippen LogP contribution in [-0.2, 0) is 11.2 Å². The molecule has 1 aliphatic rings. The minimum atomic E-state index is 0.124. The van der Waals surface area contributed by atoms with Crippen LogP contribution < -0.4 is 9.64 Å². The minimum Gasteiger partial charge on any atom is -0.497 e. The number of methoxy groups -OCH3 is 1. The fourth-order valence-corrected chi connectivity index (χ4v) is 3.81. The molecule has 2 heterocycles. The van der Waals surface area contributed by atoms with Crippen LogP contribution in [0.1, 0.15) is 12.3 Å². The van der Waals surface area contributed by atoms with E-state index in [9.17, 15) is 4.79 Å². The van der Waals surface area contributed by atoms with Crippen LogP contribution >= 0.6 is 22.6 Å². The number of piperazine rings is 1. The van der Waals surface area contributed by atoms with Gasteiger partial charge in [0.25, 0.3) is 0 Å². The van der Waals surface area contributed by atoms with E-state index in [2.05, 4.69) is 49.8 Å². The molecule has 1 amide bonds. The van der Waals surface area contributed by atoms with Crippen LogP contribution in [0, 0.1) is 3.57 Å². The average molecular weight is 518 g/mol. The summed E-state index contributed by atoms with van der Waals surface area (Å²) in [6, 6.07) is 16.0. The maximum absolute atomic E-state index is 12.6. The highest BCUT2D eigenvalue weighted by molar-refractivity contribution is 14.1. The van der Waals surface area contributed by atoms with Crippen LogP contribution in [0.4, 0.5) is 5.69 Å². The number of benzene rings is 2. The fraction of sp³-hybridized carbons (Fsp3) is 0.318. The molecule has 2 aromatic carbocycles. The minimum absolute atomic E-state index is 0.124. The quantitative estimate of drug-likeness (QED) is 0.465. The monoisotopic (exact) mass is 518 g/mol. The highest BCUT2D eigenvalue weighted by Crippen LogP contribution is 2.21. The van der Waals surface area contributed by atoms with E-state index in [1.165, 1.54) is 0 Å². The lowest BCUT2D eigenvalue weighted by Gasteiger charge is -2.36. The summed E-state index contributed by atoms with van der Waals surface area (Å²) in [5, 5.41) is 4.03. The number of amides is 1.